The first kappa shape index (κ1) is 27.6. The molecule has 11 nitrogen and oxygen atoms in total. The minimum absolute atomic E-state index is 0.0389. The van der Waals surface area contributed by atoms with Crippen molar-refractivity contribution >= 4 is 32.7 Å². The molecule has 202 valence electrons. The molecule has 2 amide bonds. The second kappa shape index (κ2) is 11.6. The Morgan fingerprint density at radius 3 is 2.38 bits per heavy atom. The van der Waals surface area contributed by atoms with E-state index in [-0.39, 0.29) is 17.3 Å². The largest absolute Gasteiger partial charge is 0.345 e. The number of fused-ring (bicyclic) bond motifs is 1. The van der Waals surface area contributed by atoms with E-state index in [0.717, 1.165) is 16.7 Å². The first-order chi connectivity index (χ1) is 18.6. The molecule has 1 atom stereocenters. The number of rotatable bonds is 9. The lowest BCUT2D eigenvalue weighted by Gasteiger charge is -2.20. The molecule has 4 rings (SSSR count). The van der Waals surface area contributed by atoms with Crippen LogP contribution in [0, 0.1) is 5.92 Å². The third kappa shape index (κ3) is 6.37. The van der Waals surface area contributed by atoms with Crippen LogP contribution >= 0.6 is 0 Å². The van der Waals surface area contributed by atoms with E-state index in [1.165, 1.54) is 17.6 Å². The van der Waals surface area contributed by atoms with E-state index in [9.17, 15) is 22.8 Å². The highest BCUT2D eigenvalue weighted by Gasteiger charge is 2.28. The van der Waals surface area contributed by atoms with Gasteiger partial charge in [-0.15, -0.1) is 0 Å². The number of benzene rings is 3. The van der Waals surface area contributed by atoms with Crippen molar-refractivity contribution in [2.45, 2.75) is 31.3 Å². The summed E-state index contributed by atoms with van der Waals surface area (Å²) in [6.07, 6.45) is 0. The molecule has 1 aromatic heterocycles. The van der Waals surface area contributed by atoms with Crippen molar-refractivity contribution in [2.24, 2.45) is 5.92 Å². The van der Waals surface area contributed by atoms with Gasteiger partial charge in [-0.2, -0.15) is 4.72 Å². The van der Waals surface area contributed by atoms with Gasteiger partial charge in [0.15, 0.2) is 5.82 Å². The molecule has 0 bridgehead atoms. The zero-order valence-corrected chi connectivity index (χ0v) is 22.0. The average molecular weight is 550 g/mol. The number of nitrogens with zero attached hydrogens (tertiary/aromatic N) is 1. The Labute approximate surface area is 224 Å². The van der Waals surface area contributed by atoms with E-state index in [0.29, 0.717) is 10.9 Å². The minimum atomic E-state index is -4.03. The zero-order valence-electron chi connectivity index (χ0n) is 21.1. The number of H-pyrrole nitrogens is 1. The third-order valence-corrected chi connectivity index (χ3v) is 7.50. The number of hydrogen-bond acceptors (Lipinski definition) is 7. The molecule has 0 spiro atoms. The topological polar surface area (TPSA) is 170 Å². The first-order valence-corrected chi connectivity index (χ1v) is 13.5. The smallest absolute Gasteiger partial charge is 0.287 e. The van der Waals surface area contributed by atoms with Gasteiger partial charge < -0.3 is 10.3 Å². The number of hydroxylamine groups is 1. The second-order valence-corrected chi connectivity index (χ2v) is 10.9. The average Bonchev–Trinajstić information content (AvgIpc) is 2.94. The lowest BCUT2D eigenvalue weighted by molar-refractivity contribution is -0.131. The molecule has 0 aliphatic carbocycles. The zero-order chi connectivity index (χ0) is 28.2. The van der Waals surface area contributed by atoms with E-state index in [4.69, 9.17) is 5.21 Å². The summed E-state index contributed by atoms with van der Waals surface area (Å²) in [7, 11) is -4.03. The highest BCUT2D eigenvalue weighted by molar-refractivity contribution is 7.89. The van der Waals surface area contributed by atoms with Gasteiger partial charge in [0.2, 0.25) is 10.0 Å². The van der Waals surface area contributed by atoms with Crippen LogP contribution in [0.15, 0.2) is 82.5 Å². The normalized spacial score (nSPS) is 12.3. The van der Waals surface area contributed by atoms with Crippen molar-refractivity contribution in [1.82, 2.24) is 25.5 Å². The monoisotopic (exact) mass is 549 g/mol. The molecule has 0 fully saturated rings. The van der Waals surface area contributed by atoms with Crippen molar-refractivity contribution in [2.75, 3.05) is 0 Å². The van der Waals surface area contributed by atoms with E-state index < -0.39 is 39.4 Å². The summed E-state index contributed by atoms with van der Waals surface area (Å²) in [6.45, 7) is 3.47. The molecule has 0 aliphatic rings. The molecule has 0 saturated carbocycles. The maximum atomic E-state index is 12.8. The van der Waals surface area contributed by atoms with Crippen LogP contribution in [0.5, 0.6) is 0 Å². The van der Waals surface area contributed by atoms with Crippen LogP contribution in [0.3, 0.4) is 0 Å². The fourth-order valence-corrected chi connectivity index (χ4v) is 5.29. The number of aromatic nitrogens is 2. The van der Waals surface area contributed by atoms with Crippen molar-refractivity contribution in [3.8, 4) is 11.1 Å². The van der Waals surface area contributed by atoms with Crippen LogP contribution in [0.1, 0.15) is 30.0 Å². The van der Waals surface area contributed by atoms with Gasteiger partial charge in [0.1, 0.15) is 6.04 Å². The van der Waals surface area contributed by atoms with Gasteiger partial charge in [-0.3, -0.25) is 19.6 Å². The van der Waals surface area contributed by atoms with Crippen LogP contribution in [0.25, 0.3) is 22.0 Å². The SMILES string of the molecule is CC(C)C(NS(=O)(=O)c1ccc(-c2cccc(CNC(=O)c3nc4ccccc4c(=O)[nH]3)c2)cc1)C(=O)NO. The van der Waals surface area contributed by atoms with Gasteiger partial charge in [0.05, 0.1) is 15.8 Å². The molecular weight excluding hydrogens is 522 g/mol. The third-order valence-electron chi connectivity index (χ3n) is 6.05. The lowest BCUT2D eigenvalue weighted by Crippen LogP contribution is -2.48. The van der Waals surface area contributed by atoms with E-state index in [2.05, 4.69) is 20.0 Å². The van der Waals surface area contributed by atoms with Gasteiger partial charge in [-0.1, -0.05) is 56.3 Å². The van der Waals surface area contributed by atoms with Crippen molar-refractivity contribution < 1.29 is 23.2 Å². The summed E-state index contributed by atoms with van der Waals surface area (Å²) in [6, 6.07) is 19.0. The number of amides is 2. The van der Waals surface area contributed by atoms with Gasteiger partial charge in [-0.05, 0) is 52.9 Å². The predicted molar refractivity (Wildman–Crippen MR) is 144 cm³/mol. The van der Waals surface area contributed by atoms with Crippen LogP contribution in [-0.2, 0) is 21.4 Å². The highest BCUT2D eigenvalue weighted by Crippen LogP contribution is 2.23. The Morgan fingerprint density at radius 1 is 0.974 bits per heavy atom. The molecule has 1 unspecified atom stereocenters. The van der Waals surface area contributed by atoms with Crippen LogP contribution in [0.2, 0.25) is 0 Å². The summed E-state index contributed by atoms with van der Waals surface area (Å²) >= 11 is 0. The van der Waals surface area contributed by atoms with Crippen LogP contribution in [-0.4, -0.2) is 41.4 Å². The lowest BCUT2D eigenvalue weighted by atomic mass is 10.0. The Balaban J connectivity index is 1.46. The van der Waals surface area contributed by atoms with E-state index >= 15 is 0 Å². The number of carbonyl (C=O) groups excluding carboxylic acids is 2. The molecule has 1 heterocycles. The number of sulfonamides is 1. The van der Waals surface area contributed by atoms with Crippen molar-refractivity contribution in [3.63, 3.8) is 0 Å². The summed E-state index contributed by atoms with van der Waals surface area (Å²) in [4.78, 5) is 43.4. The van der Waals surface area contributed by atoms with Crippen LogP contribution < -0.4 is 21.1 Å². The van der Waals surface area contributed by atoms with E-state index in [1.54, 1.807) is 56.3 Å². The maximum Gasteiger partial charge on any atom is 0.287 e. The molecule has 12 heteroatoms. The number of nitrogens with one attached hydrogen (secondary N) is 4. The van der Waals surface area contributed by atoms with Crippen molar-refractivity contribution in [1.29, 1.82) is 0 Å². The maximum absolute atomic E-state index is 12.8. The number of hydrogen-bond donors (Lipinski definition) is 5. The molecular formula is C27H27N5O6S. The molecule has 0 radical (unpaired) electrons. The summed E-state index contributed by atoms with van der Waals surface area (Å²) < 4.78 is 27.9. The Kier molecular flexibility index (Phi) is 8.19. The molecule has 0 aliphatic heterocycles. The first-order valence-electron chi connectivity index (χ1n) is 12.0. The van der Waals surface area contributed by atoms with Gasteiger partial charge in [-0.25, -0.2) is 18.9 Å². The minimum Gasteiger partial charge on any atom is -0.345 e. The molecule has 5 N–H and O–H groups in total. The Bertz CT molecular complexity index is 1680. The number of para-hydroxylation sites is 1. The highest BCUT2D eigenvalue weighted by atomic mass is 32.2. The summed E-state index contributed by atoms with van der Waals surface area (Å²) in [5.74, 6) is -1.86. The van der Waals surface area contributed by atoms with Gasteiger partial charge in [0, 0.05) is 6.54 Å². The summed E-state index contributed by atoms with van der Waals surface area (Å²) in [5.41, 5.74) is 3.80. The fourth-order valence-electron chi connectivity index (χ4n) is 3.94. The van der Waals surface area contributed by atoms with Gasteiger partial charge >= 0.3 is 0 Å². The Hall–Kier alpha value is -4.39. The van der Waals surface area contributed by atoms with Crippen LogP contribution in [0.4, 0.5) is 0 Å². The molecule has 39 heavy (non-hydrogen) atoms. The van der Waals surface area contributed by atoms with Crippen molar-refractivity contribution in [3.05, 3.63) is 94.5 Å². The van der Waals surface area contributed by atoms with Gasteiger partial charge in [0.25, 0.3) is 17.4 Å². The summed E-state index contributed by atoms with van der Waals surface area (Å²) in [5, 5.41) is 12.0. The predicted octanol–water partition coefficient (Wildman–Crippen LogP) is 2.33. The quantitative estimate of drug-likeness (QED) is 0.158. The Morgan fingerprint density at radius 2 is 1.69 bits per heavy atom. The molecule has 0 saturated heterocycles. The molecule has 3 aromatic carbocycles. The number of aromatic amines is 1. The standard InChI is InChI=1S/C27H27N5O6S/c1-16(2)23(26(34)31-36)32-39(37,38)20-12-10-18(11-13-20)19-7-5-6-17(14-19)15-28-27(35)24-29-22-9-4-3-8-21(22)25(33)30-24/h3-14,16,23,32,36H,15H2,1-2H3,(H,28,35)(H,31,34)(H,29,30,33). The fraction of sp³-hybridized carbons (Fsp3) is 0.185. The number of carbonyl (C=O) groups is 2. The van der Waals surface area contributed by atoms with E-state index in [1.807, 2.05) is 18.2 Å². The molecule has 4 aromatic rings. The second-order valence-electron chi connectivity index (χ2n) is 9.16.